The van der Waals surface area contributed by atoms with E-state index in [0.29, 0.717) is 12.0 Å². The maximum atomic E-state index is 5.40. The number of fused-ring (bicyclic) bond motifs is 1. The first-order valence-electron chi connectivity index (χ1n) is 4.44. The molecule has 0 aliphatic carbocycles. The fourth-order valence-electron chi connectivity index (χ4n) is 1.73. The number of aromatic nitrogens is 2. The van der Waals surface area contributed by atoms with Crippen molar-refractivity contribution < 1.29 is 4.74 Å². The lowest BCUT2D eigenvalue weighted by Gasteiger charge is -2.27. The Balaban J connectivity index is 2.31. The van der Waals surface area contributed by atoms with Crippen molar-refractivity contribution in [1.29, 1.82) is 0 Å². The molecule has 2 rings (SSSR count). The smallest absolute Gasteiger partial charge is 0.296 e. The van der Waals surface area contributed by atoms with Crippen LogP contribution in [-0.4, -0.2) is 16.2 Å². The first-order chi connectivity index (χ1) is 5.79. The van der Waals surface area contributed by atoms with Crippen molar-refractivity contribution in [3.05, 3.63) is 12.4 Å². The lowest BCUT2D eigenvalue weighted by Crippen LogP contribution is -2.23. The average molecular weight is 166 g/mol. The average Bonchev–Trinajstić information content (AvgIpc) is 2.49. The maximum absolute atomic E-state index is 5.40. The molecule has 1 aromatic heterocycles. The summed E-state index contributed by atoms with van der Waals surface area (Å²) in [5.74, 6) is 0.654. The van der Waals surface area contributed by atoms with E-state index in [-0.39, 0.29) is 0 Å². The fourth-order valence-corrected chi connectivity index (χ4v) is 1.73. The Morgan fingerprint density at radius 3 is 3.25 bits per heavy atom. The van der Waals surface area contributed by atoms with Gasteiger partial charge < -0.3 is 4.74 Å². The Bertz CT molecular complexity index is 267. The molecule has 3 nitrogen and oxygen atoms in total. The van der Waals surface area contributed by atoms with Gasteiger partial charge in [-0.15, -0.1) is 0 Å². The quantitative estimate of drug-likeness (QED) is 0.636. The molecule has 0 fully saturated rings. The second-order valence-corrected chi connectivity index (χ2v) is 3.57. The van der Waals surface area contributed by atoms with Gasteiger partial charge in [-0.05, 0) is 5.92 Å². The molecule has 0 N–H and O–H groups in total. The van der Waals surface area contributed by atoms with Gasteiger partial charge in [0.1, 0.15) is 0 Å². The zero-order chi connectivity index (χ0) is 8.55. The molecule has 0 bridgehead atoms. The monoisotopic (exact) mass is 166 g/mol. The van der Waals surface area contributed by atoms with Crippen molar-refractivity contribution in [2.75, 3.05) is 6.61 Å². The first kappa shape index (κ1) is 7.65. The van der Waals surface area contributed by atoms with E-state index >= 15 is 0 Å². The summed E-state index contributed by atoms with van der Waals surface area (Å²) in [6.45, 7) is 5.28. The predicted molar refractivity (Wildman–Crippen MR) is 46.2 cm³/mol. The van der Waals surface area contributed by atoms with Crippen LogP contribution in [0.15, 0.2) is 12.4 Å². The minimum Gasteiger partial charge on any atom is -0.465 e. The predicted octanol–water partition coefficient (Wildman–Crippen LogP) is 1.86. The Labute approximate surface area is 72.4 Å². The number of hydrogen-bond acceptors (Lipinski definition) is 2. The SMILES string of the molecule is CC(C)C1CCOc2nccn21. The molecule has 66 valence electrons. The molecule has 0 aromatic carbocycles. The molecule has 0 saturated heterocycles. The van der Waals surface area contributed by atoms with Crippen LogP contribution in [0.3, 0.4) is 0 Å². The summed E-state index contributed by atoms with van der Waals surface area (Å²) < 4.78 is 7.53. The van der Waals surface area contributed by atoms with Crippen LogP contribution in [0.5, 0.6) is 6.01 Å². The molecule has 1 atom stereocenters. The summed E-state index contributed by atoms with van der Waals surface area (Å²) in [7, 11) is 0. The van der Waals surface area contributed by atoms with E-state index in [1.807, 2.05) is 6.20 Å². The van der Waals surface area contributed by atoms with Gasteiger partial charge in [0.25, 0.3) is 6.01 Å². The molecule has 0 radical (unpaired) electrons. The molecule has 0 spiro atoms. The minimum atomic E-state index is 0.566. The van der Waals surface area contributed by atoms with E-state index in [4.69, 9.17) is 4.74 Å². The van der Waals surface area contributed by atoms with Crippen LogP contribution in [0, 0.1) is 5.92 Å². The Morgan fingerprint density at radius 2 is 2.50 bits per heavy atom. The largest absolute Gasteiger partial charge is 0.465 e. The molecule has 1 aliphatic heterocycles. The van der Waals surface area contributed by atoms with Crippen LogP contribution >= 0.6 is 0 Å². The highest BCUT2D eigenvalue weighted by molar-refractivity contribution is 5.03. The van der Waals surface area contributed by atoms with E-state index in [0.717, 1.165) is 19.0 Å². The molecule has 1 aromatic rings. The third-order valence-corrected chi connectivity index (χ3v) is 2.40. The van der Waals surface area contributed by atoms with Gasteiger partial charge in [0.05, 0.1) is 6.61 Å². The highest BCUT2D eigenvalue weighted by Gasteiger charge is 2.22. The molecular formula is C9H14N2O. The van der Waals surface area contributed by atoms with Gasteiger partial charge in [-0.25, -0.2) is 4.98 Å². The summed E-state index contributed by atoms with van der Waals surface area (Å²) in [5.41, 5.74) is 0. The normalized spacial score (nSPS) is 22.1. The lowest BCUT2D eigenvalue weighted by molar-refractivity contribution is 0.171. The van der Waals surface area contributed by atoms with Crippen molar-refractivity contribution in [3.63, 3.8) is 0 Å². The molecule has 0 saturated carbocycles. The molecule has 0 amide bonds. The molecule has 1 aliphatic rings. The van der Waals surface area contributed by atoms with E-state index < -0.39 is 0 Å². The number of ether oxygens (including phenoxy) is 1. The van der Waals surface area contributed by atoms with Crippen LogP contribution in [-0.2, 0) is 0 Å². The third-order valence-electron chi connectivity index (χ3n) is 2.40. The maximum Gasteiger partial charge on any atom is 0.296 e. The standard InChI is InChI=1S/C9H14N2O/c1-7(2)8-3-6-12-9-10-4-5-11(8)9/h4-5,7-8H,3,6H2,1-2H3. The molecule has 3 heteroatoms. The number of rotatable bonds is 1. The van der Waals surface area contributed by atoms with Gasteiger partial charge in [0.15, 0.2) is 0 Å². The topological polar surface area (TPSA) is 27.1 Å². The van der Waals surface area contributed by atoms with Crippen molar-refractivity contribution in [2.24, 2.45) is 5.92 Å². The fraction of sp³-hybridized carbons (Fsp3) is 0.667. The number of hydrogen-bond donors (Lipinski definition) is 0. The molecule has 12 heavy (non-hydrogen) atoms. The zero-order valence-corrected chi connectivity index (χ0v) is 7.53. The highest BCUT2D eigenvalue weighted by Crippen LogP contribution is 2.29. The van der Waals surface area contributed by atoms with E-state index in [1.165, 1.54) is 0 Å². The van der Waals surface area contributed by atoms with Crippen molar-refractivity contribution in [1.82, 2.24) is 9.55 Å². The van der Waals surface area contributed by atoms with Crippen LogP contribution in [0.4, 0.5) is 0 Å². The zero-order valence-electron chi connectivity index (χ0n) is 7.53. The molecular weight excluding hydrogens is 152 g/mol. The Morgan fingerprint density at radius 1 is 1.67 bits per heavy atom. The summed E-state index contributed by atoms with van der Waals surface area (Å²) in [6, 6.07) is 1.34. The third kappa shape index (κ3) is 1.09. The van der Waals surface area contributed by atoms with Gasteiger partial charge >= 0.3 is 0 Å². The van der Waals surface area contributed by atoms with Crippen LogP contribution in [0.1, 0.15) is 26.3 Å². The van der Waals surface area contributed by atoms with Gasteiger partial charge in [-0.2, -0.15) is 0 Å². The van der Waals surface area contributed by atoms with E-state index in [9.17, 15) is 0 Å². The highest BCUT2D eigenvalue weighted by atomic mass is 16.5. The van der Waals surface area contributed by atoms with Crippen molar-refractivity contribution in [2.45, 2.75) is 26.3 Å². The van der Waals surface area contributed by atoms with Crippen LogP contribution < -0.4 is 4.74 Å². The number of nitrogens with zero attached hydrogens (tertiary/aromatic N) is 2. The van der Waals surface area contributed by atoms with Crippen molar-refractivity contribution >= 4 is 0 Å². The van der Waals surface area contributed by atoms with Gasteiger partial charge in [0.2, 0.25) is 0 Å². The summed E-state index contributed by atoms with van der Waals surface area (Å²) >= 11 is 0. The van der Waals surface area contributed by atoms with Crippen molar-refractivity contribution in [3.8, 4) is 6.01 Å². The molecule has 2 heterocycles. The van der Waals surface area contributed by atoms with Gasteiger partial charge in [0, 0.05) is 24.9 Å². The minimum absolute atomic E-state index is 0.566. The second kappa shape index (κ2) is 2.81. The molecule has 1 unspecified atom stereocenters. The van der Waals surface area contributed by atoms with E-state index in [2.05, 4.69) is 23.4 Å². The first-order valence-corrected chi connectivity index (χ1v) is 4.44. The van der Waals surface area contributed by atoms with Gasteiger partial charge in [-0.1, -0.05) is 13.8 Å². The van der Waals surface area contributed by atoms with Crippen LogP contribution in [0.2, 0.25) is 0 Å². The second-order valence-electron chi connectivity index (χ2n) is 3.57. The summed E-state index contributed by atoms with van der Waals surface area (Å²) in [4.78, 5) is 4.13. The van der Waals surface area contributed by atoms with Gasteiger partial charge in [-0.3, -0.25) is 4.57 Å². The summed E-state index contributed by atoms with van der Waals surface area (Å²) in [5, 5.41) is 0. The Hall–Kier alpha value is -0.990. The lowest BCUT2D eigenvalue weighted by atomic mass is 10.0. The summed E-state index contributed by atoms with van der Waals surface area (Å²) in [6.07, 6.45) is 4.90. The number of imidazole rings is 1. The van der Waals surface area contributed by atoms with Crippen LogP contribution in [0.25, 0.3) is 0 Å². The van der Waals surface area contributed by atoms with E-state index in [1.54, 1.807) is 6.20 Å². The Kier molecular flexibility index (Phi) is 1.79.